The number of halogens is 4. The van der Waals surface area contributed by atoms with E-state index in [4.69, 9.17) is 27.9 Å². The summed E-state index contributed by atoms with van der Waals surface area (Å²) in [6, 6.07) is 23.3. The molecule has 1 amide bonds. The second-order valence-corrected chi connectivity index (χ2v) is 13.5. The van der Waals surface area contributed by atoms with Gasteiger partial charge in [0.2, 0.25) is 0 Å². The quantitative estimate of drug-likeness (QED) is 0.150. The van der Waals surface area contributed by atoms with Crippen molar-refractivity contribution in [2.45, 2.75) is 38.5 Å². The Hall–Kier alpha value is -5.77. The zero-order chi connectivity index (χ0) is 37.1. The van der Waals surface area contributed by atoms with E-state index >= 15 is 0 Å². The molecule has 3 heterocycles. The number of amides is 1. The van der Waals surface area contributed by atoms with Gasteiger partial charge in [-0.15, -0.1) is 5.10 Å². The van der Waals surface area contributed by atoms with Gasteiger partial charge in [-0.2, -0.15) is 5.26 Å². The van der Waals surface area contributed by atoms with Crippen molar-refractivity contribution < 1.29 is 18.3 Å². The van der Waals surface area contributed by atoms with Crippen LogP contribution in [0.15, 0.2) is 91.3 Å². The number of likely N-dealkylation sites (tertiary alicyclic amines) is 1. The number of ether oxygens (including phenoxy) is 1. The van der Waals surface area contributed by atoms with Gasteiger partial charge >= 0.3 is 6.09 Å². The highest BCUT2D eigenvalue weighted by Gasteiger charge is 2.28. The zero-order valence-electron chi connectivity index (χ0n) is 28.4. The largest absolute Gasteiger partial charge is 0.445 e. The van der Waals surface area contributed by atoms with E-state index in [2.05, 4.69) is 32.0 Å². The highest BCUT2D eigenvalue weighted by Crippen LogP contribution is 2.38. The molecule has 0 radical (unpaired) electrons. The fourth-order valence-electron chi connectivity index (χ4n) is 6.45. The van der Waals surface area contributed by atoms with Crippen molar-refractivity contribution in [3.8, 4) is 6.07 Å². The second kappa shape index (κ2) is 15.5. The molecular formula is C39H32Cl2F2N8O2. The van der Waals surface area contributed by atoms with Gasteiger partial charge in [-0.05, 0) is 78.9 Å². The lowest BCUT2D eigenvalue weighted by atomic mass is 9.98. The molecule has 53 heavy (non-hydrogen) atoms. The van der Waals surface area contributed by atoms with Crippen LogP contribution in [0, 0.1) is 29.9 Å². The Bertz CT molecular complexity index is 2340. The van der Waals surface area contributed by atoms with Gasteiger partial charge in [0.1, 0.15) is 30.0 Å². The molecule has 1 unspecified atom stereocenters. The van der Waals surface area contributed by atoms with Crippen LogP contribution in [0.3, 0.4) is 0 Å². The Morgan fingerprint density at radius 2 is 1.79 bits per heavy atom. The number of anilines is 3. The van der Waals surface area contributed by atoms with Crippen LogP contribution >= 0.6 is 23.2 Å². The summed E-state index contributed by atoms with van der Waals surface area (Å²) in [6.45, 7) is 3.03. The van der Waals surface area contributed by atoms with Crippen molar-refractivity contribution in [2.75, 3.05) is 23.7 Å². The fraction of sp³-hybridized carbons (Fsp3) is 0.205. The lowest BCUT2D eigenvalue weighted by Crippen LogP contribution is -2.39. The Kier molecular flexibility index (Phi) is 10.4. The summed E-state index contributed by atoms with van der Waals surface area (Å²) in [5.41, 5.74) is 5.03. The normalized spacial score (nSPS) is 13.8. The average Bonchev–Trinajstić information content (AvgIpc) is 3.66. The molecule has 1 saturated heterocycles. The van der Waals surface area contributed by atoms with Crippen LogP contribution in [-0.2, 0) is 11.3 Å². The van der Waals surface area contributed by atoms with Crippen LogP contribution in [-0.4, -0.2) is 44.1 Å². The van der Waals surface area contributed by atoms with Crippen LogP contribution in [0.2, 0.25) is 10.0 Å². The minimum absolute atomic E-state index is 0.0106. The molecular weight excluding hydrogens is 721 g/mol. The zero-order valence-corrected chi connectivity index (χ0v) is 29.9. The predicted octanol–water partition coefficient (Wildman–Crippen LogP) is 9.51. The molecule has 10 nitrogen and oxygen atoms in total. The van der Waals surface area contributed by atoms with E-state index in [1.165, 1.54) is 36.5 Å². The maximum Gasteiger partial charge on any atom is 0.410 e. The smallest absolute Gasteiger partial charge is 0.410 e. The number of benzene rings is 4. The molecule has 0 saturated carbocycles. The Balaban J connectivity index is 1.15. The van der Waals surface area contributed by atoms with E-state index in [9.17, 15) is 18.8 Å². The number of fused-ring (bicyclic) bond motifs is 1. The minimum Gasteiger partial charge on any atom is -0.445 e. The van der Waals surface area contributed by atoms with Crippen LogP contribution in [0.25, 0.3) is 10.9 Å². The molecule has 6 aromatic rings. The molecule has 2 aromatic heterocycles. The molecule has 0 bridgehead atoms. The van der Waals surface area contributed by atoms with Crippen molar-refractivity contribution in [3.63, 3.8) is 0 Å². The highest BCUT2D eigenvalue weighted by molar-refractivity contribution is 6.36. The van der Waals surface area contributed by atoms with Gasteiger partial charge in [-0.1, -0.05) is 64.8 Å². The molecule has 14 heteroatoms. The predicted molar refractivity (Wildman–Crippen MR) is 199 cm³/mol. The maximum atomic E-state index is 14.3. The molecule has 7 rings (SSSR count). The fourth-order valence-corrected chi connectivity index (χ4v) is 6.89. The maximum absolute atomic E-state index is 14.3. The van der Waals surface area contributed by atoms with E-state index in [0.717, 1.165) is 11.1 Å². The summed E-state index contributed by atoms with van der Waals surface area (Å²) in [4.78, 5) is 18.9. The first kappa shape index (κ1) is 35.6. The van der Waals surface area contributed by atoms with Crippen molar-refractivity contribution >= 4 is 57.3 Å². The van der Waals surface area contributed by atoms with E-state index in [1.54, 1.807) is 23.1 Å². The third-order valence-corrected chi connectivity index (χ3v) is 9.79. The number of aryl methyl sites for hydroxylation is 1. The lowest BCUT2D eigenvalue weighted by molar-refractivity contribution is 0.0820. The van der Waals surface area contributed by atoms with Crippen LogP contribution < -0.4 is 10.6 Å². The van der Waals surface area contributed by atoms with Crippen molar-refractivity contribution in [1.82, 2.24) is 24.9 Å². The first-order valence-electron chi connectivity index (χ1n) is 16.8. The number of carbonyl (C=O) groups excluding carboxylic acids is 1. The third-order valence-electron chi connectivity index (χ3n) is 9.21. The molecule has 268 valence electrons. The topological polar surface area (TPSA) is 121 Å². The van der Waals surface area contributed by atoms with Gasteiger partial charge in [0, 0.05) is 36.0 Å². The minimum atomic E-state index is -0.592. The van der Waals surface area contributed by atoms with Gasteiger partial charge in [-0.3, -0.25) is 4.98 Å². The SMILES string of the molecule is Cc1cc(F)ccc1C(Nc1cc(Cl)c2ncc(C#N)c(Nc3ccc(F)c(Cl)c3)c2c1)c1cn(C2CCN(C(=O)OCc3ccccc3)CC2)nn1. The molecule has 2 N–H and O–H groups in total. The summed E-state index contributed by atoms with van der Waals surface area (Å²) in [6.07, 6.45) is 4.22. The van der Waals surface area contributed by atoms with Crippen molar-refractivity contribution in [3.05, 3.63) is 141 Å². The molecule has 4 aromatic carbocycles. The number of nitriles is 1. The number of hydrogen-bond donors (Lipinski definition) is 2. The summed E-state index contributed by atoms with van der Waals surface area (Å²) >= 11 is 12.8. The first-order chi connectivity index (χ1) is 25.7. The van der Waals surface area contributed by atoms with E-state index in [0.29, 0.717) is 70.2 Å². The van der Waals surface area contributed by atoms with Gasteiger partial charge in [-0.25, -0.2) is 18.3 Å². The first-order valence-corrected chi connectivity index (χ1v) is 17.6. The van der Waals surface area contributed by atoms with Crippen LogP contribution in [0.5, 0.6) is 0 Å². The number of nitrogens with zero attached hydrogens (tertiary/aromatic N) is 6. The summed E-state index contributed by atoms with van der Waals surface area (Å²) in [5, 5.41) is 26.5. The standard InChI is InChI=1S/C39H32Cl2F2N8O2/c1-23-15-26(42)7-9-30(23)38(35-21-51(49-48-35)29-11-13-50(14-12-29)39(52)53-22-24-5-3-2-4-6-24)47-28-16-31-36(46-27-8-10-34(43)32(40)17-27)25(19-44)20-45-37(31)33(41)18-28/h2-10,15-18,20-21,29,38,47H,11-14,22H2,1H3,(H,45,46). The Labute approximate surface area is 313 Å². The van der Waals surface area contributed by atoms with Gasteiger partial charge in [0.25, 0.3) is 0 Å². The Morgan fingerprint density at radius 3 is 2.53 bits per heavy atom. The number of rotatable bonds is 9. The van der Waals surface area contributed by atoms with E-state index in [-0.39, 0.29) is 35.1 Å². The van der Waals surface area contributed by atoms with Gasteiger partial charge in [0.05, 0.1) is 45.1 Å². The Morgan fingerprint density at radius 1 is 1.02 bits per heavy atom. The van der Waals surface area contributed by atoms with Crippen molar-refractivity contribution in [2.24, 2.45) is 0 Å². The second-order valence-electron chi connectivity index (χ2n) is 12.7. The van der Waals surface area contributed by atoms with E-state index in [1.807, 2.05) is 48.1 Å². The lowest BCUT2D eigenvalue weighted by Gasteiger charge is -2.31. The van der Waals surface area contributed by atoms with E-state index < -0.39 is 11.9 Å². The molecule has 1 aliphatic heterocycles. The molecule has 1 aliphatic rings. The molecule has 0 spiro atoms. The number of pyridine rings is 1. The number of piperidine rings is 1. The molecule has 0 aliphatic carbocycles. The summed E-state index contributed by atoms with van der Waals surface area (Å²) in [7, 11) is 0. The highest BCUT2D eigenvalue weighted by atomic mass is 35.5. The monoisotopic (exact) mass is 752 g/mol. The number of hydrogen-bond acceptors (Lipinski definition) is 8. The van der Waals surface area contributed by atoms with Crippen molar-refractivity contribution in [1.29, 1.82) is 5.26 Å². The summed E-state index contributed by atoms with van der Waals surface area (Å²) < 4.78 is 35.6. The van der Waals surface area contributed by atoms with Gasteiger partial charge < -0.3 is 20.3 Å². The number of nitrogens with one attached hydrogen (secondary N) is 2. The summed E-state index contributed by atoms with van der Waals surface area (Å²) in [5.74, 6) is -0.946. The van der Waals surface area contributed by atoms with Crippen LogP contribution in [0.1, 0.15) is 52.9 Å². The van der Waals surface area contributed by atoms with Gasteiger partial charge in [0.15, 0.2) is 0 Å². The number of carbonyl (C=O) groups is 1. The van der Waals surface area contributed by atoms with Crippen LogP contribution in [0.4, 0.5) is 30.6 Å². The average molecular weight is 754 g/mol. The number of aromatic nitrogens is 4. The molecule has 1 atom stereocenters. The molecule has 1 fully saturated rings. The third kappa shape index (κ3) is 7.87.